The first-order valence-corrected chi connectivity index (χ1v) is 6.14. The predicted octanol–water partition coefficient (Wildman–Crippen LogP) is 1.56. The number of hydrogen-bond donors (Lipinski definition) is 2. The molecule has 0 spiro atoms. The zero-order chi connectivity index (χ0) is 11.6. The molecule has 0 aromatic rings. The fourth-order valence-electron chi connectivity index (χ4n) is 4.95. The number of aliphatic carboxylic acids is 1. The van der Waals surface area contributed by atoms with Crippen molar-refractivity contribution in [1.29, 1.82) is 0 Å². The molecule has 3 N–H and O–H groups in total. The molecule has 3 saturated carbocycles. The van der Waals surface area contributed by atoms with E-state index >= 15 is 0 Å². The molecule has 3 rings (SSSR count). The Morgan fingerprint density at radius 1 is 1.44 bits per heavy atom. The van der Waals surface area contributed by atoms with E-state index in [2.05, 4.69) is 0 Å². The molecule has 16 heavy (non-hydrogen) atoms. The average molecular weight is 227 g/mol. The summed E-state index contributed by atoms with van der Waals surface area (Å²) in [6.07, 6.45) is 3.47. The van der Waals surface area contributed by atoms with Gasteiger partial charge in [-0.15, -0.1) is 0 Å². The molecule has 5 atom stereocenters. The Bertz CT molecular complexity index is 338. The van der Waals surface area contributed by atoms with E-state index in [0.29, 0.717) is 18.9 Å². The molecule has 0 radical (unpaired) electrons. The van der Waals surface area contributed by atoms with Gasteiger partial charge in [0.1, 0.15) is 5.67 Å². The van der Waals surface area contributed by atoms with Gasteiger partial charge < -0.3 is 10.8 Å². The minimum absolute atomic E-state index is 0.0528. The minimum atomic E-state index is -1.07. The molecule has 90 valence electrons. The Balaban J connectivity index is 1.95. The molecular weight excluding hydrogens is 209 g/mol. The molecule has 3 aliphatic rings. The van der Waals surface area contributed by atoms with Crippen LogP contribution in [-0.4, -0.2) is 23.3 Å². The van der Waals surface area contributed by atoms with Gasteiger partial charge in [-0.3, -0.25) is 4.79 Å². The van der Waals surface area contributed by atoms with Crippen LogP contribution in [0.3, 0.4) is 0 Å². The van der Waals surface area contributed by atoms with Gasteiger partial charge in [-0.1, -0.05) is 0 Å². The maximum atomic E-state index is 14.7. The monoisotopic (exact) mass is 227 g/mol. The summed E-state index contributed by atoms with van der Waals surface area (Å²) in [5.41, 5.74) is 4.28. The molecule has 0 unspecified atom stereocenters. The van der Waals surface area contributed by atoms with Crippen LogP contribution in [0.5, 0.6) is 0 Å². The lowest BCUT2D eigenvalue weighted by atomic mass is 9.43. The lowest BCUT2D eigenvalue weighted by Crippen LogP contribution is -2.68. The van der Waals surface area contributed by atoms with Crippen LogP contribution >= 0.6 is 0 Å². The van der Waals surface area contributed by atoms with Gasteiger partial charge >= 0.3 is 5.97 Å². The number of fused-ring (bicyclic) bond motifs is 1. The SMILES string of the molecule is NC[C@@]1(CC(=O)O)[C@@H]2C[C@@H]3CC[C@H]1[C@]2(F)C3. The first kappa shape index (κ1) is 10.5. The second-order valence-electron chi connectivity index (χ2n) is 5.92. The molecule has 0 heterocycles. The second-order valence-corrected chi connectivity index (χ2v) is 5.92. The molecule has 0 amide bonds. The van der Waals surface area contributed by atoms with E-state index in [1.165, 1.54) is 0 Å². The van der Waals surface area contributed by atoms with E-state index in [0.717, 1.165) is 19.3 Å². The van der Waals surface area contributed by atoms with Gasteiger partial charge in [0.25, 0.3) is 0 Å². The van der Waals surface area contributed by atoms with E-state index in [-0.39, 0.29) is 18.3 Å². The Kier molecular flexibility index (Phi) is 1.95. The van der Waals surface area contributed by atoms with E-state index in [9.17, 15) is 9.18 Å². The highest BCUT2D eigenvalue weighted by atomic mass is 19.1. The summed E-state index contributed by atoms with van der Waals surface area (Å²) in [7, 11) is 0. The summed E-state index contributed by atoms with van der Waals surface area (Å²) in [5.74, 6) is -0.528. The van der Waals surface area contributed by atoms with Crippen LogP contribution in [0.4, 0.5) is 4.39 Å². The van der Waals surface area contributed by atoms with E-state index in [4.69, 9.17) is 10.8 Å². The quantitative estimate of drug-likeness (QED) is 0.769. The smallest absolute Gasteiger partial charge is 0.303 e. The largest absolute Gasteiger partial charge is 0.481 e. The Morgan fingerprint density at radius 2 is 2.19 bits per heavy atom. The lowest BCUT2D eigenvalue weighted by Gasteiger charge is -2.62. The van der Waals surface area contributed by atoms with Crippen molar-refractivity contribution in [3.05, 3.63) is 0 Å². The van der Waals surface area contributed by atoms with Crippen molar-refractivity contribution in [2.75, 3.05) is 6.54 Å². The zero-order valence-corrected chi connectivity index (χ0v) is 9.29. The van der Waals surface area contributed by atoms with Crippen molar-refractivity contribution in [2.45, 2.75) is 37.8 Å². The Hall–Kier alpha value is -0.640. The standard InChI is InChI=1S/C12H18FNO2/c13-12-4-7-1-2-8(12)11(6-14,5-10(15)16)9(12)3-7/h7-9H,1-6,14H2,(H,15,16)/t7-,8+,9-,11+,12+/m0/s1. The maximum absolute atomic E-state index is 14.7. The van der Waals surface area contributed by atoms with Gasteiger partial charge in [-0.2, -0.15) is 0 Å². The first-order chi connectivity index (χ1) is 7.53. The van der Waals surface area contributed by atoms with E-state index in [1.54, 1.807) is 0 Å². The summed E-state index contributed by atoms with van der Waals surface area (Å²) >= 11 is 0. The summed E-state index contributed by atoms with van der Waals surface area (Å²) in [4.78, 5) is 11.0. The van der Waals surface area contributed by atoms with Crippen LogP contribution in [0.25, 0.3) is 0 Å². The first-order valence-electron chi connectivity index (χ1n) is 6.14. The number of alkyl halides is 1. The van der Waals surface area contributed by atoms with Crippen LogP contribution in [0.1, 0.15) is 32.1 Å². The fraction of sp³-hybridized carbons (Fsp3) is 0.917. The number of carbonyl (C=O) groups is 1. The van der Waals surface area contributed by atoms with Crippen LogP contribution in [0, 0.1) is 23.2 Å². The fourth-order valence-corrected chi connectivity index (χ4v) is 4.95. The van der Waals surface area contributed by atoms with Crippen molar-refractivity contribution in [2.24, 2.45) is 28.9 Å². The number of rotatable bonds is 3. The van der Waals surface area contributed by atoms with E-state index < -0.39 is 17.1 Å². The van der Waals surface area contributed by atoms with Gasteiger partial charge in [0.05, 0.1) is 6.42 Å². The summed E-state index contributed by atoms with van der Waals surface area (Å²) in [5, 5.41) is 9.00. The number of nitrogens with two attached hydrogens (primary N) is 1. The molecule has 2 bridgehead atoms. The van der Waals surface area contributed by atoms with E-state index in [1.807, 2.05) is 0 Å². The Morgan fingerprint density at radius 3 is 2.81 bits per heavy atom. The van der Waals surface area contributed by atoms with Crippen molar-refractivity contribution in [1.82, 2.24) is 0 Å². The van der Waals surface area contributed by atoms with Gasteiger partial charge in [0, 0.05) is 17.3 Å². The molecule has 4 heteroatoms. The highest BCUT2D eigenvalue weighted by molar-refractivity contribution is 5.68. The van der Waals surface area contributed by atoms with Crippen molar-refractivity contribution in [3.63, 3.8) is 0 Å². The third-order valence-corrected chi connectivity index (χ3v) is 5.44. The minimum Gasteiger partial charge on any atom is -0.481 e. The molecule has 3 fully saturated rings. The zero-order valence-electron chi connectivity index (χ0n) is 9.29. The molecule has 0 saturated heterocycles. The number of hydrogen-bond acceptors (Lipinski definition) is 2. The molecular formula is C12H18FNO2. The summed E-state index contributed by atoms with van der Waals surface area (Å²) < 4.78 is 14.7. The normalized spacial score (nSPS) is 53.5. The third kappa shape index (κ3) is 0.992. The second kappa shape index (κ2) is 2.97. The number of carboxylic acids is 1. The summed E-state index contributed by atoms with van der Waals surface area (Å²) in [6.45, 7) is 0.326. The summed E-state index contributed by atoms with van der Waals surface area (Å²) in [6, 6.07) is 0. The number of carboxylic acid groups (broad SMARTS) is 1. The average Bonchev–Trinajstić information content (AvgIpc) is 2.35. The molecule has 0 aromatic carbocycles. The van der Waals surface area contributed by atoms with Crippen molar-refractivity contribution in [3.8, 4) is 0 Å². The molecule has 0 aromatic heterocycles. The molecule has 3 nitrogen and oxygen atoms in total. The van der Waals surface area contributed by atoms with Gasteiger partial charge in [-0.05, 0) is 38.1 Å². The lowest BCUT2D eigenvalue weighted by molar-refractivity contribution is -0.205. The third-order valence-electron chi connectivity index (χ3n) is 5.44. The van der Waals surface area contributed by atoms with Crippen molar-refractivity contribution < 1.29 is 14.3 Å². The topological polar surface area (TPSA) is 63.3 Å². The van der Waals surface area contributed by atoms with Gasteiger partial charge in [-0.25, -0.2) is 4.39 Å². The van der Waals surface area contributed by atoms with Gasteiger partial charge in [0.15, 0.2) is 0 Å². The number of halogens is 1. The van der Waals surface area contributed by atoms with Crippen LogP contribution in [-0.2, 0) is 4.79 Å². The van der Waals surface area contributed by atoms with Gasteiger partial charge in [0.2, 0.25) is 0 Å². The van der Waals surface area contributed by atoms with Crippen LogP contribution in [0.15, 0.2) is 0 Å². The van der Waals surface area contributed by atoms with Crippen LogP contribution < -0.4 is 5.73 Å². The highest BCUT2D eigenvalue weighted by Crippen LogP contribution is 2.74. The van der Waals surface area contributed by atoms with Crippen LogP contribution in [0.2, 0.25) is 0 Å². The maximum Gasteiger partial charge on any atom is 0.303 e. The highest BCUT2D eigenvalue weighted by Gasteiger charge is 2.75. The molecule has 3 aliphatic carbocycles. The predicted molar refractivity (Wildman–Crippen MR) is 56.5 cm³/mol. The molecule has 0 aliphatic heterocycles. The Labute approximate surface area is 94.2 Å². The van der Waals surface area contributed by atoms with Crippen molar-refractivity contribution >= 4 is 5.97 Å².